The zero-order valence-electron chi connectivity index (χ0n) is 24.5. The second kappa shape index (κ2) is 14.1. The van der Waals surface area contributed by atoms with Crippen LogP contribution in [0.4, 0.5) is 51.0 Å². The Morgan fingerprint density at radius 3 is 1.59 bits per heavy atom. The molecule has 1 amide bonds. The zero-order chi connectivity index (χ0) is 36.1. The molecule has 0 aliphatic heterocycles. The molecule has 0 atom stereocenters. The lowest BCUT2D eigenvalue weighted by molar-refractivity contribution is -0.153. The number of rotatable bonds is 7. The molecule has 19 heteroatoms. The van der Waals surface area contributed by atoms with Gasteiger partial charge in [0.25, 0.3) is 5.91 Å². The van der Waals surface area contributed by atoms with E-state index in [-0.39, 0.29) is 34.4 Å². The van der Waals surface area contributed by atoms with Gasteiger partial charge >= 0.3 is 24.5 Å². The number of oxazole rings is 2. The fraction of sp³-hybridized carbons (Fsp3) is 0.167. The highest BCUT2D eigenvalue weighted by Gasteiger charge is 2.43. The van der Waals surface area contributed by atoms with Crippen molar-refractivity contribution in [3.05, 3.63) is 102 Å². The summed E-state index contributed by atoms with van der Waals surface area (Å²) in [6.07, 6.45) is -13.3. The van der Waals surface area contributed by atoms with Crippen molar-refractivity contribution >= 4 is 23.4 Å². The third-order valence-corrected chi connectivity index (χ3v) is 6.04. The number of nitrogens with one attached hydrogen (secondary N) is 1. The molecular weight excluding hydrogens is 681 g/mol. The Kier molecular flexibility index (Phi) is 10.3. The van der Waals surface area contributed by atoms with Gasteiger partial charge in [0.15, 0.2) is 11.4 Å². The number of carbonyl (C=O) groups excluding carboxylic acids is 1. The fourth-order valence-corrected chi connectivity index (χ4v) is 3.96. The quantitative estimate of drug-likeness (QED) is 0.162. The number of pyridine rings is 1. The summed E-state index contributed by atoms with van der Waals surface area (Å²) in [7, 11) is 1.17. The zero-order valence-corrected chi connectivity index (χ0v) is 24.5. The number of carboxylic acid groups (broad SMARTS) is 1. The number of hydrogen-bond donors (Lipinski definition) is 2. The highest BCUT2D eigenvalue weighted by molar-refractivity contribution is 6.04. The molecule has 0 spiro atoms. The van der Waals surface area contributed by atoms with Crippen LogP contribution in [-0.2, 0) is 12.4 Å². The maximum absolute atomic E-state index is 13.3. The van der Waals surface area contributed by atoms with Gasteiger partial charge in [0.05, 0.1) is 11.9 Å². The number of carbonyl (C=O) groups is 2. The molecule has 2 N–H and O–H groups in total. The van der Waals surface area contributed by atoms with Gasteiger partial charge in [-0.25, -0.2) is 19.7 Å². The van der Waals surface area contributed by atoms with Gasteiger partial charge in [-0.3, -0.25) is 4.79 Å². The van der Waals surface area contributed by atoms with E-state index in [2.05, 4.69) is 24.7 Å². The van der Waals surface area contributed by atoms with Crippen molar-refractivity contribution in [2.75, 3.05) is 23.8 Å². The topological polar surface area (TPSA) is 135 Å². The van der Waals surface area contributed by atoms with E-state index >= 15 is 0 Å². The molecule has 0 fully saturated rings. The van der Waals surface area contributed by atoms with E-state index in [0.717, 1.165) is 11.1 Å². The number of nitrogens with zero attached hydrogens (tertiary/aromatic N) is 4. The third-order valence-electron chi connectivity index (χ3n) is 6.04. The van der Waals surface area contributed by atoms with Gasteiger partial charge in [-0.1, -0.05) is 36.4 Å². The van der Waals surface area contributed by atoms with Crippen molar-refractivity contribution < 1.29 is 63.0 Å². The minimum absolute atomic E-state index is 0.0356. The molecule has 0 saturated carbocycles. The summed E-state index contributed by atoms with van der Waals surface area (Å²) in [6, 6.07) is 17.9. The Hall–Kier alpha value is -5.88. The predicted molar refractivity (Wildman–Crippen MR) is 152 cm³/mol. The summed E-state index contributed by atoms with van der Waals surface area (Å²) in [5.74, 6) is -6.98. The summed E-state index contributed by atoms with van der Waals surface area (Å²) in [6.45, 7) is -1.25. The minimum atomic E-state index is -4.98. The van der Waals surface area contributed by atoms with E-state index < -0.39 is 59.9 Å². The van der Waals surface area contributed by atoms with Crippen LogP contribution in [0.3, 0.4) is 0 Å². The van der Waals surface area contributed by atoms with Crippen LogP contribution >= 0.6 is 0 Å². The van der Waals surface area contributed by atoms with Gasteiger partial charge in [-0.15, -0.1) is 0 Å². The van der Waals surface area contributed by atoms with Crippen LogP contribution < -0.4 is 10.2 Å². The molecule has 0 saturated heterocycles. The van der Waals surface area contributed by atoms with Gasteiger partial charge in [-0.05, 0) is 36.4 Å². The molecule has 0 unspecified atom stereocenters. The van der Waals surface area contributed by atoms with E-state index in [1.54, 1.807) is 36.4 Å². The molecule has 0 radical (unpaired) electrons. The minimum Gasteiger partial charge on any atom is -0.476 e. The average Bonchev–Trinajstić information content (AvgIpc) is 3.69. The van der Waals surface area contributed by atoms with Crippen LogP contribution in [0, 0.1) is 0 Å². The largest absolute Gasteiger partial charge is 0.476 e. The lowest BCUT2D eigenvalue weighted by atomic mass is 10.2. The Balaban J connectivity index is 0.000000254. The van der Waals surface area contributed by atoms with Crippen molar-refractivity contribution in [3.8, 4) is 22.9 Å². The van der Waals surface area contributed by atoms with E-state index in [1.165, 1.54) is 43.4 Å². The molecule has 3 heterocycles. The van der Waals surface area contributed by atoms with Crippen molar-refractivity contribution in [1.29, 1.82) is 0 Å². The van der Waals surface area contributed by atoms with Crippen LogP contribution in [-0.4, -0.2) is 51.7 Å². The first-order chi connectivity index (χ1) is 22.8. The number of hydrogen-bond acceptors (Lipinski definition) is 8. The first-order valence-electron chi connectivity index (χ1n) is 13.4. The van der Waals surface area contributed by atoms with Crippen LogP contribution in [0.5, 0.6) is 0 Å². The lowest BCUT2D eigenvalue weighted by Gasteiger charge is -2.19. The second-order valence-corrected chi connectivity index (χ2v) is 9.76. The smallest absolute Gasteiger partial charge is 0.452 e. The van der Waals surface area contributed by atoms with Crippen molar-refractivity contribution in [2.24, 2.45) is 0 Å². The Morgan fingerprint density at radius 1 is 0.735 bits per heavy atom. The van der Waals surface area contributed by atoms with Crippen molar-refractivity contribution in [1.82, 2.24) is 15.0 Å². The standard InChI is InChI=1S/C19H14F6N4O2.C11H6F3NO3/c1-29(10-18(20,21)22)13-8-7-12(9-26-13)27-16(30)14-15(19(23,24)25)31-17(28-14)11-5-3-2-4-6-11;12-11(13,14)8-7(10(16)17)15-9(18-8)6-4-2-1-3-5-6/h2-9H,10H2,1H3,(H,27,30);1-5H,(H,16,17). The van der Waals surface area contributed by atoms with Gasteiger partial charge in [0, 0.05) is 18.2 Å². The molecule has 258 valence electrons. The van der Waals surface area contributed by atoms with Crippen LogP contribution in [0.1, 0.15) is 32.5 Å². The maximum atomic E-state index is 13.3. The normalized spacial score (nSPS) is 11.8. The summed E-state index contributed by atoms with van der Waals surface area (Å²) in [5, 5.41) is 10.9. The van der Waals surface area contributed by atoms with Crippen LogP contribution in [0.2, 0.25) is 0 Å². The third kappa shape index (κ3) is 9.36. The summed E-state index contributed by atoms with van der Waals surface area (Å²) >= 11 is 0. The average molecular weight is 702 g/mol. The number of anilines is 2. The second-order valence-electron chi connectivity index (χ2n) is 9.76. The number of carboxylic acids is 1. The summed E-state index contributed by atoms with van der Waals surface area (Å²) in [5.41, 5.74) is -1.64. The summed E-state index contributed by atoms with van der Waals surface area (Å²) < 4.78 is 124. The van der Waals surface area contributed by atoms with E-state index in [1.807, 2.05) is 0 Å². The lowest BCUT2D eigenvalue weighted by Crippen LogP contribution is -2.31. The van der Waals surface area contributed by atoms with Gasteiger partial charge in [0.1, 0.15) is 12.4 Å². The molecule has 5 rings (SSSR count). The Labute approximate surface area is 268 Å². The molecule has 2 aromatic carbocycles. The Bertz CT molecular complexity index is 1890. The van der Waals surface area contributed by atoms with Crippen molar-refractivity contribution in [3.63, 3.8) is 0 Å². The number of amides is 1. The first kappa shape index (κ1) is 36.0. The van der Waals surface area contributed by atoms with Gasteiger partial charge in [0.2, 0.25) is 23.3 Å². The molecule has 0 aliphatic carbocycles. The molecule has 10 nitrogen and oxygen atoms in total. The maximum Gasteiger partial charge on any atom is 0.452 e. The number of benzene rings is 2. The molecule has 0 bridgehead atoms. The number of alkyl halides is 9. The SMILES string of the molecule is CN(CC(F)(F)F)c1ccc(NC(=O)c2nc(-c3ccccc3)oc2C(F)(F)F)cn1.O=C(O)c1nc(-c2ccccc2)oc1C(F)(F)F. The van der Waals surface area contributed by atoms with Gasteiger partial charge in [-0.2, -0.15) is 39.5 Å². The molecule has 49 heavy (non-hydrogen) atoms. The van der Waals surface area contributed by atoms with E-state index in [9.17, 15) is 49.1 Å². The molecule has 3 aromatic heterocycles. The van der Waals surface area contributed by atoms with Crippen LogP contribution in [0.15, 0.2) is 87.8 Å². The molecule has 0 aliphatic rings. The molecule has 5 aromatic rings. The number of halogens is 9. The monoisotopic (exact) mass is 701 g/mol. The van der Waals surface area contributed by atoms with Crippen LogP contribution in [0.25, 0.3) is 22.9 Å². The van der Waals surface area contributed by atoms with E-state index in [0.29, 0.717) is 0 Å². The number of aromatic carboxylic acids is 1. The van der Waals surface area contributed by atoms with Crippen molar-refractivity contribution in [2.45, 2.75) is 18.5 Å². The van der Waals surface area contributed by atoms with E-state index in [4.69, 9.17) is 9.52 Å². The predicted octanol–water partition coefficient (Wildman–Crippen LogP) is 8.06. The fourth-order valence-electron chi connectivity index (χ4n) is 3.96. The first-order valence-corrected chi connectivity index (χ1v) is 13.4. The highest BCUT2D eigenvalue weighted by atomic mass is 19.4. The summed E-state index contributed by atoms with van der Waals surface area (Å²) in [4.78, 5) is 34.7. The van der Waals surface area contributed by atoms with Gasteiger partial charge < -0.3 is 24.2 Å². The molecular formula is C30H20F9N5O5. The number of aromatic nitrogens is 3. The highest BCUT2D eigenvalue weighted by Crippen LogP contribution is 2.36. The Morgan fingerprint density at radius 2 is 1.20 bits per heavy atom.